The van der Waals surface area contributed by atoms with Crippen LogP contribution in [0.25, 0.3) is 0 Å². The number of aliphatic hydroxyl groups excluding tert-OH is 1. The first-order valence-corrected chi connectivity index (χ1v) is 21.9. The van der Waals surface area contributed by atoms with Crippen LogP contribution in [0.4, 0.5) is 0 Å². The predicted molar refractivity (Wildman–Crippen MR) is 242 cm³/mol. The summed E-state index contributed by atoms with van der Waals surface area (Å²) in [6.45, 7) is 1.15. The second-order valence-electron chi connectivity index (χ2n) is 16.0. The second kappa shape index (κ2) is 29.2. The van der Waals surface area contributed by atoms with Gasteiger partial charge in [0.05, 0.1) is 26.1 Å². The van der Waals surface area contributed by atoms with Crippen LogP contribution in [0, 0.1) is 5.92 Å². The first kappa shape index (κ1) is 57.5. The van der Waals surface area contributed by atoms with Crippen LogP contribution in [0.3, 0.4) is 0 Å². The van der Waals surface area contributed by atoms with Gasteiger partial charge in [-0.05, 0) is 49.3 Å². The zero-order valence-corrected chi connectivity index (χ0v) is 38.3. The van der Waals surface area contributed by atoms with Gasteiger partial charge in [-0.1, -0.05) is 32.4 Å². The third-order valence-electron chi connectivity index (χ3n) is 10.7. The molecule has 1 aromatic rings. The van der Waals surface area contributed by atoms with Crippen molar-refractivity contribution in [1.29, 1.82) is 0 Å². The van der Waals surface area contributed by atoms with Gasteiger partial charge in [-0.15, -0.1) is 0 Å². The molecule has 2 rings (SSSR count). The quantitative estimate of drug-likeness (QED) is 0.00886. The average molecular weight is 977 g/mol. The summed E-state index contributed by atoms with van der Waals surface area (Å²) in [5.41, 5.74) is 18.2. The fraction of sp³-hybridized carbons (Fsp3) is 0.561. The van der Waals surface area contributed by atoms with E-state index < -0.39 is 140 Å². The molecule has 28 heteroatoms. The van der Waals surface area contributed by atoms with Crippen molar-refractivity contribution in [3.05, 3.63) is 29.8 Å². The van der Waals surface area contributed by atoms with E-state index in [2.05, 4.69) is 42.2 Å². The standard InChI is InChI=1S/C41H64N14O14/c1-3-21(2)34(39(68)48-19-32(61)51-27(20-56)37(66)52-24(35(42)64)6-4-14-46-41(43)44)53-36(65)25(16-22-8-10-23(57)11-9-22)49-31(60)18-47-38(67)28-7-5-15-55(28)40(69)26(17-33(62)63)50-29(58)12-13-30(59)54-45/h8-11,21,24-28,34,56-57H,3-7,12-20,45H2,1-2H3,(H2,42,64)(H,47,67)(H,48,68)(H,49,60)(H,50,58)(H,51,61)(H,52,66)(H,53,65)(H,54,59)(H,62,63)(H4,43,44,46)/t21-,24-,25-,26-,27-,28-,34-/m0/s1. The third kappa shape index (κ3) is 20.4. The molecule has 0 spiro atoms. The van der Waals surface area contributed by atoms with Crippen molar-refractivity contribution in [3.63, 3.8) is 0 Å². The number of phenolic OH excluding ortho intramolecular Hbond substituents is 1. The van der Waals surface area contributed by atoms with E-state index in [1.54, 1.807) is 13.8 Å². The summed E-state index contributed by atoms with van der Waals surface area (Å²) in [5.74, 6) is -5.80. The first-order chi connectivity index (χ1) is 32.6. The maximum atomic E-state index is 13.9. The molecule has 0 radical (unpaired) electrons. The number of carbonyl (C=O) groups excluding carboxylic acids is 10. The van der Waals surface area contributed by atoms with E-state index in [1.807, 2.05) is 5.43 Å². The Bertz CT molecular complexity index is 2030. The number of aliphatic imine (C=N–C) groups is 1. The molecular weight excluding hydrogens is 913 g/mol. The molecule has 69 heavy (non-hydrogen) atoms. The Hall–Kier alpha value is -7.62. The van der Waals surface area contributed by atoms with Gasteiger partial charge in [-0.3, -0.25) is 63.2 Å². The number of guanidine groups is 1. The highest BCUT2D eigenvalue weighted by atomic mass is 16.4. The van der Waals surface area contributed by atoms with Crippen LogP contribution in [0.5, 0.6) is 5.75 Å². The zero-order valence-electron chi connectivity index (χ0n) is 38.3. The molecule has 0 aliphatic carbocycles. The maximum absolute atomic E-state index is 13.9. The lowest BCUT2D eigenvalue weighted by Crippen LogP contribution is -2.58. The molecule has 0 aromatic heterocycles. The van der Waals surface area contributed by atoms with Crippen molar-refractivity contribution in [2.24, 2.45) is 34.0 Å². The molecule has 10 amide bonds. The van der Waals surface area contributed by atoms with Gasteiger partial charge in [0.1, 0.15) is 42.0 Å². The van der Waals surface area contributed by atoms with Crippen LogP contribution in [-0.2, 0) is 59.2 Å². The van der Waals surface area contributed by atoms with E-state index in [9.17, 15) is 68.1 Å². The molecule has 0 saturated carbocycles. The summed E-state index contributed by atoms with van der Waals surface area (Å²) >= 11 is 0. The lowest BCUT2D eigenvalue weighted by atomic mass is 9.97. The SMILES string of the molecule is CC[C@H](C)[C@H](NC(=O)[C@H](Cc1ccc(O)cc1)NC(=O)CNC(=O)[C@@H]1CCCN1C(=O)[C@H](CC(=O)O)NC(=O)CCC(=O)NN)C(=O)NCC(=O)N[C@@H](CO)C(=O)N[C@@H](CCCN=C(N)N)C(N)=O. The first-order valence-electron chi connectivity index (χ1n) is 21.9. The minimum absolute atomic E-state index is 0.0126. The fourth-order valence-corrected chi connectivity index (χ4v) is 6.79. The molecule has 1 saturated heterocycles. The van der Waals surface area contributed by atoms with Crippen LogP contribution < -0.4 is 65.7 Å². The highest BCUT2D eigenvalue weighted by Crippen LogP contribution is 2.20. The van der Waals surface area contributed by atoms with Crippen LogP contribution in [0.2, 0.25) is 0 Å². The summed E-state index contributed by atoms with van der Waals surface area (Å²) in [4.78, 5) is 146. The number of nitrogens with one attached hydrogen (secondary N) is 8. The van der Waals surface area contributed by atoms with E-state index in [0.717, 1.165) is 4.90 Å². The third-order valence-corrected chi connectivity index (χ3v) is 10.7. The van der Waals surface area contributed by atoms with E-state index in [4.69, 9.17) is 23.0 Å². The Kier molecular flexibility index (Phi) is 24.3. The second-order valence-corrected chi connectivity index (χ2v) is 16.0. The molecular formula is C41H64N14O14. The van der Waals surface area contributed by atoms with Crippen molar-refractivity contribution in [1.82, 2.24) is 47.5 Å². The Morgan fingerprint density at radius 2 is 1.36 bits per heavy atom. The number of aliphatic carboxylic acids is 1. The molecule has 1 aliphatic heterocycles. The molecule has 1 aliphatic rings. The highest BCUT2D eigenvalue weighted by Gasteiger charge is 2.39. The number of benzene rings is 1. The lowest BCUT2D eigenvalue weighted by Gasteiger charge is -2.28. The number of rotatable bonds is 29. The number of nitrogens with two attached hydrogens (primary N) is 4. The largest absolute Gasteiger partial charge is 0.508 e. The number of carboxylic acids is 1. The van der Waals surface area contributed by atoms with Crippen molar-refractivity contribution in [3.8, 4) is 5.75 Å². The van der Waals surface area contributed by atoms with E-state index >= 15 is 0 Å². The lowest BCUT2D eigenvalue weighted by molar-refractivity contribution is -0.146. The van der Waals surface area contributed by atoms with Gasteiger partial charge in [0, 0.05) is 32.4 Å². The number of amides is 10. The normalized spacial score (nSPS) is 15.5. The molecule has 28 nitrogen and oxygen atoms in total. The van der Waals surface area contributed by atoms with Crippen LogP contribution >= 0.6 is 0 Å². The predicted octanol–water partition coefficient (Wildman–Crippen LogP) is -6.60. The number of nitrogens with zero attached hydrogens (tertiary/aromatic N) is 2. The average Bonchev–Trinajstić information content (AvgIpc) is 3.80. The van der Waals surface area contributed by atoms with Gasteiger partial charge < -0.3 is 74.6 Å². The van der Waals surface area contributed by atoms with Crippen LogP contribution in [0.15, 0.2) is 29.3 Å². The van der Waals surface area contributed by atoms with Gasteiger partial charge in [-0.25, -0.2) is 5.84 Å². The summed E-state index contributed by atoms with van der Waals surface area (Å²) < 4.78 is 0. The number of carbonyl (C=O) groups is 11. The number of aliphatic hydroxyl groups is 1. The smallest absolute Gasteiger partial charge is 0.305 e. The number of carboxylic acid groups (broad SMARTS) is 1. The Balaban J connectivity index is 2.15. The minimum Gasteiger partial charge on any atom is -0.508 e. The van der Waals surface area contributed by atoms with E-state index in [-0.39, 0.29) is 56.9 Å². The molecule has 19 N–H and O–H groups in total. The van der Waals surface area contributed by atoms with E-state index in [1.165, 1.54) is 24.3 Å². The summed E-state index contributed by atoms with van der Waals surface area (Å²) in [6, 6.07) is -2.58. The molecule has 0 unspecified atom stereocenters. The van der Waals surface area contributed by atoms with Crippen molar-refractivity contribution in [2.45, 2.75) is 108 Å². The van der Waals surface area contributed by atoms with Gasteiger partial charge in [0.2, 0.25) is 59.1 Å². The Morgan fingerprint density at radius 1 is 0.768 bits per heavy atom. The zero-order chi connectivity index (χ0) is 51.8. The summed E-state index contributed by atoms with van der Waals surface area (Å²) in [5, 5.41) is 45.8. The number of primary amides is 1. The molecule has 7 atom stereocenters. The molecule has 1 heterocycles. The Morgan fingerprint density at radius 3 is 1.94 bits per heavy atom. The molecule has 1 fully saturated rings. The number of aromatic hydroxyl groups is 1. The summed E-state index contributed by atoms with van der Waals surface area (Å²) in [7, 11) is 0. The summed E-state index contributed by atoms with van der Waals surface area (Å²) in [6.07, 6.45) is -0.712. The van der Waals surface area contributed by atoms with Gasteiger partial charge >= 0.3 is 5.97 Å². The minimum atomic E-state index is -1.59. The topological polar surface area (TPSA) is 464 Å². The Labute approximate surface area is 396 Å². The van der Waals surface area contributed by atoms with Crippen LogP contribution in [-0.4, -0.2) is 160 Å². The van der Waals surface area contributed by atoms with Gasteiger partial charge in [0.15, 0.2) is 5.96 Å². The molecule has 0 bridgehead atoms. The fourth-order valence-electron chi connectivity index (χ4n) is 6.79. The number of hydrogen-bond donors (Lipinski definition) is 15. The number of likely N-dealkylation sites (tertiary alicyclic amines) is 1. The number of phenols is 1. The molecule has 1 aromatic carbocycles. The van der Waals surface area contributed by atoms with Crippen LogP contribution in [0.1, 0.15) is 70.8 Å². The number of hydrogen-bond acceptors (Lipinski definition) is 15. The van der Waals surface area contributed by atoms with Gasteiger partial charge in [0.25, 0.3) is 0 Å². The monoisotopic (exact) mass is 976 g/mol. The molecule has 382 valence electrons. The number of hydrazine groups is 1. The van der Waals surface area contributed by atoms with Crippen molar-refractivity contribution in [2.75, 3.05) is 32.8 Å². The highest BCUT2D eigenvalue weighted by molar-refractivity contribution is 5.98. The van der Waals surface area contributed by atoms with Crippen molar-refractivity contribution < 1.29 is 68.1 Å². The van der Waals surface area contributed by atoms with Gasteiger partial charge in [-0.2, -0.15) is 0 Å². The maximum Gasteiger partial charge on any atom is 0.305 e. The van der Waals surface area contributed by atoms with Crippen molar-refractivity contribution >= 4 is 71.0 Å². The van der Waals surface area contributed by atoms with E-state index in [0.29, 0.717) is 18.4 Å².